The van der Waals surface area contributed by atoms with Crippen LogP contribution in [-0.4, -0.2) is 22.8 Å². The summed E-state index contributed by atoms with van der Waals surface area (Å²) in [5.41, 5.74) is 4.79. The number of benzene rings is 2. The minimum Gasteiger partial charge on any atom is -0.362 e. The normalized spacial score (nSPS) is 22.0. The Labute approximate surface area is 204 Å². The highest BCUT2D eigenvalue weighted by molar-refractivity contribution is 7.80. The van der Waals surface area contributed by atoms with E-state index in [1.807, 2.05) is 24.3 Å². The minimum absolute atomic E-state index is 0.108. The lowest BCUT2D eigenvalue weighted by atomic mass is 9.62. The monoisotopic (exact) mass is 468 g/mol. The van der Waals surface area contributed by atoms with Gasteiger partial charge in [0.05, 0.1) is 0 Å². The molecule has 1 saturated carbocycles. The molecule has 0 radical (unpaired) electrons. The van der Waals surface area contributed by atoms with E-state index in [9.17, 15) is 0 Å². The molecule has 2 aromatic carbocycles. The van der Waals surface area contributed by atoms with Gasteiger partial charge >= 0.3 is 0 Å². The standard InChI is InChI=1S/C26H36N4S2/c1-18-8-6-10-20(12-18)28-23(31)27-17-26(5)15-22(14-25(3,4)16-26)30-24(32)29-21-11-7-9-19(2)13-21/h6-13,22H,14-17H2,1-5H3,(H2,27,28,31)(H2,29,30,32). The summed E-state index contributed by atoms with van der Waals surface area (Å²) in [5, 5.41) is 15.0. The predicted octanol–water partition coefficient (Wildman–Crippen LogP) is 6.16. The average molecular weight is 469 g/mol. The fourth-order valence-electron chi connectivity index (χ4n) is 5.14. The molecule has 32 heavy (non-hydrogen) atoms. The Morgan fingerprint density at radius 2 is 1.44 bits per heavy atom. The van der Waals surface area contributed by atoms with Crippen LogP contribution in [0.1, 0.15) is 51.2 Å². The first kappa shape index (κ1) is 24.5. The molecule has 0 aromatic heterocycles. The molecule has 0 aliphatic heterocycles. The van der Waals surface area contributed by atoms with Gasteiger partial charge < -0.3 is 21.3 Å². The van der Waals surface area contributed by atoms with Crippen molar-refractivity contribution in [2.24, 2.45) is 10.8 Å². The number of hydrogen-bond acceptors (Lipinski definition) is 2. The SMILES string of the molecule is Cc1cccc(NC(=S)NCC2(C)CC(NC(=S)Nc3cccc(C)c3)CC(C)(C)C2)c1. The number of thiocarbonyl (C=S) groups is 2. The van der Waals surface area contributed by atoms with Crippen molar-refractivity contribution in [3.8, 4) is 0 Å². The Morgan fingerprint density at radius 3 is 2.00 bits per heavy atom. The molecule has 0 heterocycles. The number of rotatable bonds is 5. The van der Waals surface area contributed by atoms with E-state index < -0.39 is 0 Å². The van der Waals surface area contributed by atoms with Gasteiger partial charge in [-0.2, -0.15) is 0 Å². The van der Waals surface area contributed by atoms with Gasteiger partial charge in [-0.1, -0.05) is 45.0 Å². The molecule has 0 saturated heterocycles. The van der Waals surface area contributed by atoms with E-state index in [1.165, 1.54) is 11.1 Å². The molecule has 6 heteroatoms. The topological polar surface area (TPSA) is 48.1 Å². The zero-order valence-electron chi connectivity index (χ0n) is 19.8. The predicted molar refractivity (Wildman–Crippen MR) is 145 cm³/mol. The Morgan fingerprint density at radius 1 is 0.875 bits per heavy atom. The first-order valence-electron chi connectivity index (χ1n) is 11.3. The van der Waals surface area contributed by atoms with E-state index in [0.717, 1.165) is 37.2 Å². The van der Waals surface area contributed by atoms with Crippen LogP contribution in [-0.2, 0) is 0 Å². The van der Waals surface area contributed by atoms with Gasteiger partial charge in [-0.05, 0) is 104 Å². The Bertz CT molecular complexity index is 972. The molecule has 1 fully saturated rings. The average Bonchev–Trinajstić information content (AvgIpc) is 2.65. The van der Waals surface area contributed by atoms with Crippen molar-refractivity contribution in [3.63, 3.8) is 0 Å². The first-order chi connectivity index (χ1) is 15.0. The molecular weight excluding hydrogens is 432 g/mol. The van der Waals surface area contributed by atoms with Crippen LogP contribution in [0.4, 0.5) is 11.4 Å². The maximum atomic E-state index is 5.63. The van der Waals surface area contributed by atoms with Crippen molar-refractivity contribution >= 4 is 46.0 Å². The zero-order chi connectivity index (χ0) is 23.4. The molecule has 2 atom stereocenters. The van der Waals surface area contributed by atoms with Crippen LogP contribution < -0.4 is 21.3 Å². The molecule has 2 unspecified atom stereocenters. The lowest BCUT2D eigenvalue weighted by Crippen LogP contribution is -2.51. The lowest BCUT2D eigenvalue weighted by Gasteiger charge is -2.47. The van der Waals surface area contributed by atoms with Gasteiger partial charge in [0.2, 0.25) is 0 Å². The van der Waals surface area contributed by atoms with Gasteiger partial charge in [-0.15, -0.1) is 0 Å². The summed E-state index contributed by atoms with van der Waals surface area (Å²) in [6.07, 6.45) is 3.26. The molecule has 4 nitrogen and oxygen atoms in total. The number of nitrogens with one attached hydrogen (secondary N) is 4. The van der Waals surface area contributed by atoms with E-state index in [2.05, 4.69) is 80.2 Å². The molecule has 0 bridgehead atoms. The van der Waals surface area contributed by atoms with Crippen LogP contribution >= 0.6 is 24.4 Å². The highest BCUT2D eigenvalue weighted by atomic mass is 32.1. The van der Waals surface area contributed by atoms with Gasteiger partial charge in [-0.3, -0.25) is 0 Å². The van der Waals surface area contributed by atoms with Gasteiger partial charge in [0, 0.05) is 24.0 Å². The smallest absolute Gasteiger partial charge is 0.170 e. The molecule has 1 aliphatic rings. The maximum absolute atomic E-state index is 5.63. The third-order valence-corrected chi connectivity index (χ3v) is 6.47. The fraction of sp³-hybridized carbons (Fsp3) is 0.462. The summed E-state index contributed by atoms with van der Waals surface area (Å²) >= 11 is 11.2. The molecular formula is C26H36N4S2. The van der Waals surface area contributed by atoms with Gasteiger partial charge in [0.15, 0.2) is 10.2 Å². The first-order valence-corrected chi connectivity index (χ1v) is 12.1. The van der Waals surface area contributed by atoms with Crippen LogP contribution in [0.2, 0.25) is 0 Å². The van der Waals surface area contributed by atoms with Crippen molar-refractivity contribution in [1.29, 1.82) is 0 Å². The number of hydrogen-bond donors (Lipinski definition) is 4. The van der Waals surface area contributed by atoms with Gasteiger partial charge in [-0.25, -0.2) is 0 Å². The van der Waals surface area contributed by atoms with Crippen molar-refractivity contribution in [3.05, 3.63) is 59.7 Å². The van der Waals surface area contributed by atoms with E-state index in [1.54, 1.807) is 0 Å². The van der Waals surface area contributed by atoms with Crippen LogP contribution in [0.5, 0.6) is 0 Å². The van der Waals surface area contributed by atoms with Crippen LogP contribution in [0.3, 0.4) is 0 Å². The van der Waals surface area contributed by atoms with Crippen molar-refractivity contribution in [1.82, 2.24) is 10.6 Å². The maximum Gasteiger partial charge on any atom is 0.170 e. The molecule has 3 rings (SSSR count). The van der Waals surface area contributed by atoms with Crippen molar-refractivity contribution < 1.29 is 0 Å². The van der Waals surface area contributed by atoms with Crippen LogP contribution in [0.25, 0.3) is 0 Å². The summed E-state index contributed by atoms with van der Waals surface area (Å²) in [6.45, 7) is 12.0. The van der Waals surface area contributed by atoms with Gasteiger partial charge in [0.25, 0.3) is 0 Å². The molecule has 1 aliphatic carbocycles. The van der Waals surface area contributed by atoms with E-state index in [4.69, 9.17) is 24.4 Å². The van der Waals surface area contributed by atoms with Crippen molar-refractivity contribution in [2.45, 2.75) is 59.9 Å². The van der Waals surface area contributed by atoms with Crippen LogP contribution in [0.15, 0.2) is 48.5 Å². The lowest BCUT2D eigenvalue weighted by molar-refractivity contribution is 0.0807. The summed E-state index contributed by atoms with van der Waals surface area (Å²) in [7, 11) is 0. The third kappa shape index (κ3) is 7.45. The summed E-state index contributed by atoms with van der Waals surface area (Å²) in [4.78, 5) is 0. The summed E-state index contributed by atoms with van der Waals surface area (Å²) in [5.74, 6) is 0. The Balaban J connectivity index is 1.57. The van der Waals surface area contributed by atoms with E-state index in [-0.39, 0.29) is 10.8 Å². The minimum atomic E-state index is 0.108. The highest BCUT2D eigenvalue weighted by Gasteiger charge is 2.41. The Hall–Kier alpha value is -2.18. The largest absolute Gasteiger partial charge is 0.362 e. The van der Waals surface area contributed by atoms with Crippen molar-refractivity contribution in [2.75, 3.05) is 17.2 Å². The summed E-state index contributed by atoms with van der Waals surface area (Å²) < 4.78 is 0. The summed E-state index contributed by atoms with van der Waals surface area (Å²) in [6, 6.07) is 16.8. The number of aryl methyl sites for hydroxylation is 2. The molecule has 0 amide bonds. The van der Waals surface area contributed by atoms with E-state index in [0.29, 0.717) is 16.3 Å². The van der Waals surface area contributed by atoms with Crippen LogP contribution in [0, 0.1) is 24.7 Å². The fourth-order valence-corrected chi connectivity index (χ4v) is 5.61. The number of anilines is 2. The third-order valence-electron chi connectivity index (χ3n) is 6.01. The second-order valence-electron chi connectivity index (χ2n) is 10.4. The van der Waals surface area contributed by atoms with Gasteiger partial charge in [0.1, 0.15) is 0 Å². The highest BCUT2D eigenvalue weighted by Crippen LogP contribution is 2.45. The zero-order valence-corrected chi connectivity index (χ0v) is 21.5. The quantitative estimate of drug-likeness (QED) is 0.394. The molecule has 172 valence electrons. The molecule has 0 spiro atoms. The second-order valence-corrected chi connectivity index (χ2v) is 11.2. The molecule has 4 N–H and O–H groups in total. The van der Waals surface area contributed by atoms with E-state index >= 15 is 0 Å². The second kappa shape index (κ2) is 10.2. The molecule has 2 aromatic rings. The Kier molecular flexibility index (Phi) is 7.78.